The number of benzene rings is 2. The minimum atomic E-state index is -0.277. The number of hydrogen-bond acceptors (Lipinski definition) is 5. The summed E-state index contributed by atoms with van der Waals surface area (Å²) in [5, 5.41) is 5.99. The third kappa shape index (κ3) is 5.04. The zero-order valence-electron chi connectivity index (χ0n) is 15.6. The second-order valence-corrected chi connectivity index (χ2v) is 6.12. The lowest BCUT2D eigenvalue weighted by Crippen LogP contribution is -2.15. The standard InChI is InChI=1S/C21H22N4O2/c1-4-27-18-10-8-16(9-11-18)24-21-22-15(3)13-19(25-21)20(26)23-17-7-5-6-14(2)12-17/h5-13H,4H2,1-3H3,(H,23,26)(H,22,24,25). The number of ether oxygens (including phenoxy) is 1. The van der Waals surface area contributed by atoms with Crippen LogP contribution < -0.4 is 15.4 Å². The van der Waals surface area contributed by atoms with Crippen LogP contribution in [0.2, 0.25) is 0 Å². The van der Waals surface area contributed by atoms with Crippen molar-refractivity contribution >= 4 is 23.2 Å². The highest BCUT2D eigenvalue weighted by Gasteiger charge is 2.11. The number of nitrogens with one attached hydrogen (secondary N) is 2. The van der Waals surface area contributed by atoms with Gasteiger partial charge >= 0.3 is 0 Å². The monoisotopic (exact) mass is 362 g/mol. The van der Waals surface area contributed by atoms with E-state index in [4.69, 9.17) is 4.74 Å². The maximum Gasteiger partial charge on any atom is 0.274 e. The zero-order valence-corrected chi connectivity index (χ0v) is 15.6. The van der Waals surface area contributed by atoms with Crippen LogP contribution in [0.15, 0.2) is 54.6 Å². The van der Waals surface area contributed by atoms with E-state index in [0.29, 0.717) is 23.9 Å². The molecule has 2 aromatic carbocycles. The van der Waals surface area contributed by atoms with Crippen molar-refractivity contribution in [2.24, 2.45) is 0 Å². The fourth-order valence-electron chi connectivity index (χ4n) is 2.59. The Morgan fingerprint density at radius 2 is 1.78 bits per heavy atom. The summed E-state index contributed by atoms with van der Waals surface area (Å²) in [4.78, 5) is 21.3. The summed E-state index contributed by atoms with van der Waals surface area (Å²) >= 11 is 0. The van der Waals surface area contributed by atoms with Crippen LogP contribution in [-0.4, -0.2) is 22.5 Å². The van der Waals surface area contributed by atoms with Crippen molar-refractivity contribution < 1.29 is 9.53 Å². The van der Waals surface area contributed by atoms with Crippen LogP contribution in [0.25, 0.3) is 0 Å². The summed E-state index contributed by atoms with van der Waals surface area (Å²) in [5.41, 5.74) is 3.63. The van der Waals surface area contributed by atoms with Crippen molar-refractivity contribution in [3.8, 4) is 5.75 Å². The fourth-order valence-corrected chi connectivity index (χ4v) is 2.59. The highest BCUT2D eigenvalue weighted by Crippen LogP contribution is 2.19. The summed E-state index contributed by atoms with van der Waals surface area (Å²) in [7, 11) is 0. The Balaban J connectivity index is 1.76. The number of aromatic nitrogens is 2. The van der Waals surface area contributed by atoms with Gasteiger partial charge in [0.15, 0.2) is 0 Å². The Labute approximate surface area is 158 Å². The number of hydrogen-bond donors (Lipinski definition) is 2. The van der Waals surface area contributed by atoms with Gasteiger partial charge in [0.25, 0.3) is 5.91 Å². The van der Waals surface area contributed by atoms with Crippen LogP contribution >= 0.6 is 0 Å². The van der Waals surface area contributed by atoms with Crippen LogP contribution in [0.4, 0.5) is 17.3 Å². The Morgan fingerprint density at radius 3 is 2.48 bits per heavy atom. The predicted molar refractivity (Wildman–Crippen MR) is 107 cm³/mol. The van der Waals surface area contributed by atoms with Gasteiger partial charge in [-0.1, -0.05) is 12.1 Å². The molecule has 3 aromatic rings. The highest BCUT2D eigenvalue weighted by molar-refractivity contribution is 6.03. The first-order valence-corrected chi connectivity index (χ1v) is 8.77. The van der Waals surface area contributed by atoms with Crippen LogP contribution in [0.3, 0.4) is 0 Å². The third-order valence-electron chi connectivity index (χ3n) is 3.78. The topological polar surface area (TPSA) is 76.1 Å². The molecule has 3 rings (SSSR count). The molecular weight excluding hydrogens is 340 g/mol. The van der Waals surface area contributed by atoms with Gasteiger partial charge in [-0.15, -0.1) is 0 Å². The number of amides is 1. The molecule has 0 saturated carbocycles. The molecule has 0 aliphatic heterocycles. The summed E-state index contributed by atoms with van der Waals surface area (Å²) in [6.07, 6.45) is 0. The van der Waals surface area contributed by atoms with E-state index in [2.05, 4.69) is 20.6 Å². The molecule has 0 radical (unpaired) electrons. The van der Waals surface area contributed by atoms with Crippen LogP contribution in [0, 0.1) is 13.8 Å². The Bertz CT molecular complexity index is 939. The zero-order chi connectivity index (χ0) is 19.2. The van der Waals surface area contributed by atoms with E-state index in [9.17, 15) is 4.79 Å². The predicted octanol–water partition coefficient (Wildman–Crippen LogP) is 4.49. The van der Waals surface area contributed by atoms with Gasteiger partial charge in [0, 0.05) is 17.1 Å². The SMILES string of the molecule is CCOc1ccc(Nc2nc(C)cc(C(=O)Nc3cccc(C)c3)n2)cc1. The molecule has 138 valence electrons. The van der Waals surface area contributed by atoms with E-state index in [1.807, 2.05) is 69.3 Å². The van der Waals surface area contributed by atoms with Gasteiger partial charge in [-0.25, -0.2) is 9.97 Å². The fraction of sp³-hybridized carbons (Fsp3) is 0.190. The second kappa shape index (κ2) is 8.31. The molecule has 6 nitrogen and oxygen atoms in total. The molecule has 0 saturated heterocycles. The Kier molecular flexibility index (Phi) is 5.66. The second-order valence-electron chi connectivity index (χ2n) is 6.12. The molecule has 0 bridgehead atoms. The molecule has 0 atom stereocenters. The largest absolute Gasteiger partial charge is 0.494 e. The van der Waals surface area contributed by atoms with Gasteiger partial charge in [0.1, 0.15) is 11.4 Å². The first kappa shape index (κ1) is 18.4. The van der Waals surface area contributed by atoms with E-state index in [1.165, 1.54) is 0 Å². The van der Waals surface area contributed by atoms with Gasteiger partial charge in [-0.05, 0) is 68.8 Å². The minimum absolute atomic E-state index is 0.277. The third-order valence-corrected chi connectivity index (χ3v) is 3.78. The van der Waals surface area contributed by atoms with Crippen molar-refractivity contribution in [1.82, 2.24) is 9.97 Å². The molecule has 2 N–H and O–H groups in total. The Hall–Kier alpha value is -3.41. The van der Waals surface area contributed by atoms with Gasteiger partial charge < -0.3 is 15.4 Å². The first-order valence-electron chi connectivity index (χ1n) is 8.77. The maximum absolute atomic E-state index is 12.6. The van der Waals surface area contributed by atoms with Crippen molar-refractivity contribution in [3.63, 3.8) is 0 Å². The van der Waals surface area contributed by atoms with Gasteiger partial charge in [-0.3, -0.25) is 4.79 Å². The van der Waals surface area contributed by atoms with Crippen molar-refractivity contribution in [1.29, 1.82) is 0 Å². The number of aryl methyl sites for hydroxylation is 2. The van der Waals surface area contributed by atoms with E-state index in [0.717, 1.165) is 22.7 Å². The molecule has 1 aromatic heterocycles. The molecule has 1 heterocycles. The van der Waals surface area contributed by atoms with Crippen LogP contribution in [0.5, 0.6) is 5.75 Å². The smallest absolute Gasteiger partial charge is 0.274 e. The van der Waals surface area contributed by atoms with Crippen molar-refractivity contribution in [3.05, 3.63) is 71.5 Å². The number of carbonyl (C=O) groups is 1. The van der Waals surface area contributed by atoms with E-state index < -0.39 is 0 Å². The maximum atomic E-state index is 12.6. The molecule has 0 fully saturated rings. The highest BCUT2D eigenvalue weighted by atomic mass is 16.5. The lowest BCUT2D eigenvalue weighted by Gasteiger charge is -2.10. The molecule has 27 heavy (non-hydrogen) atoms. The molecule has 0 aliphatic carbocycles. The lowest BCUT2D eigenvalue weighted by molar-refractivity contribution is 0.102. The summed E-state index contributed by atoms with van der Waals surface area (Å²) in [6, 6.07) is 16.8. The van der Waals surface area contributed by atoms with Gasteiger partial charge in [0.2, 0.25) is 5.95 Å². The number of nitrogens with zero attached hydrogens (tertiary/aromatic N) is 2. The first-order chi connectivity index (χ1) is 13.0. The number of anilines is 3. The molecule has 6 heteroatoms. The molecule has 0 unspecified atom stereocenters. The Morgan fingerprint density at radius 1 is 1.00 bits per heavy atom. The van der Waals surface area contributed by atoms with Crippen LogP contribution in [0.1, 0.15) is 28.7 Å². The van der Waals surface area contributed by atoms with E-state index in [-0.39, 0.29) is 5.91 Å². The average molecular weight is 362 g/mol. The molecule has 0 aliphatic rings. The number of rotatable bonds is 6. The van der Waals surface area contributed by atoms with E-state index >= 15 is 0 Å². The number of carbonyl (C=O) groups excluding carboxylic acids is 1. The average Bonchev–Trinajstić information content (AvgIpc) is 2.63. The summed E-state index contributed by atoms with van der Waals surface area (Å²) in [5.74, 6) is 0.890. The quantitative estimate of drug-likeness (QED) is 0.676. The molecule has 0 spiro atoms. The van der Waals surface area contributed by atoms with Crippen molar-refractivity contribution in [2.45, 2.75) is 20.8 Å². The summed E-state index contributed by atoms with van der Waals surface area (Å²) < 4.78 is 5.43. The van der Waals surface area contributed by atoms with Crippen LogP contribution in [-0.2, 0) is 0 Å². The van der Waals surface area contributed by atoms with Gasteiger partial charge in [0.05, 0.1) is 6.61 Å². The minimum Gasteiger partial charge on any atom is -0.494 e. The summed E-state index contributed by atoms with van der Waals surface area (Å²) in [6.45, 7) is 6.36. The molecular formula is C21H22N4O2. The normalized spacial score (nSPS) is 10.3. The van der Waals surface area contributed by atoms with E-state index in [1.54, 1.807) is 6.07 Å². The van der Waals surface area contributed by atoms with Crippen molar-refractivity contribution in [2.75, 3.05) is 17.2 Å². The lowest BCUT2D eigenvalue weighted by atomic mass is 10.2. The molecule has 1 amide bonds. The van der Waals surface area contributed by atoms with Gasteiger partial charge in [-0.2, -0.15) is 0 Å².